The van der Waals surface area contributed by atoms with Gasteiger partial charge >= 0.3 is 0 Å². The molecule has 0 heterocycles. The Bertz CT molecular complexity index is 296. The van der Waals surface area contributed by atoms with Gasteiger partial charge in [0.1, 0.15) is 0 Å². The van der Waals surface area contributed by atoms with Gasteiger partial charge < -0.3 is 10.2 Å². The maximum atomic E-state index is 9.74. The van der Waals surface area contributed by atoms with Crippen molar-refractivity contribution in [1.82, 2.24) is 0 Å². The van der Waals surface area contributed by atoms with Crippen LogP contribution in [-0.2, 0) is 6.42 Å². The van der Waals surface area contributed by atoms with Crippen LogP contribution in [0.1, 0.15) is 30.9 Å². The first kappa shape index (κ1) is 12.2. The summed E-state index contributed by atoms with van der Waals surface area (Å²) in [6, 6.07) is 8.03. The summed E-state index contributed by atoms with van der Waals surface area (Å²) < 4.78 is 0. The molecule has 0 bridgehead atoms. The van der Waals surface area contributed by atoms with Crippen molar-refractivity contribution >= 4 is 0 Å². The van der Waals surface area contributed by atoms with Crippen LogP contribution in [0.25, 0.3) is 0 Å². The fourth-order valence-electron chi connectivity index (χ4n) is 1.70. The third-order valence-corrected chi connectivity index (χ3v) is 2.56. The first-order valence-corrected chi connectivity index (χ1v) is 5.55. The Morgan fingerprint density at radius 1 is 1.20 bits per heavy atom. The summed E-state index contributed by atoms with van der Waals surface area (Å²) in [4.78, 5) is 0. The van der Waals surface area contributed by atoms with Crippen LogP contribution in [-0.4, -0.2) is 22.4 Å². The molecule has 0 aromatic heterocycles. The number of hydrogen-bond donors (Lipinski definition) is 2. The monoisotopic (exact) mass is 208 g/mol. The molecule has 1 aromatic rings. The van der Waals surface area contributed by atoms with Crippen molar-refractivity contribution in [2.45, 2.75) is 45.3 Å². The lowest BCUT2D eigenvalue weighted by molar-refractivity contribution is 0.0148. The molecule has 84 valence electrons. The highest BCUT2D eigenvalue weighted by Gasteiger charge is 2.15. The van der Waals surface area contributed by atoms with E-state index >= 15 is 0 Å². The van der Waals surface area contributed by atoms with E-state index in [9.17, 15) is 10.2 Å². The summed E-state index contributed by atoms with van der Waals surface area (Å²) in [7, 11) is 0. The van der Waals surface area contributed by atoms with E-state index in [1.54, 1.807) is 0 Å². The second kappa shape index (κ2) is 5.89. The molecule has 1 aromatic carbocycles. The average molecular weight is 208 g/mol. The van der Waals surface area contributed by atoms with E-state index in [0.29, 0.717) is 12.8 Å². The van der Waals surface area contributed by atoms with E-state index < -0.39 is 12.2 Å². The van der Waals surface area contributed by atoms with Gasteiger partial charge in [0.2, 0.25) is 0 Å². The molecule has 15 heavy (non-hydrogen) atoms. The second-order valence-corrected chi connectivity index (χ2v) is 4.12. The van der Waals surface area contributed by atoms with Crippen LogP contribution in [0.4, 0.5) is 0 Å². The van der Waals surface area contributed by atoms with Crippen molar-refractivity contribution in [3.05, 3.63) is 35.4 Å². The van der Waals surface area contributed by atoms with Gasteiger partial charge in [0, 0.05) is 6.42 Å². The third kappa shape index (κ3) is 4.02. The topological polar surface area (TPSA) is 40.5 Å². The summed E-state index contributed by atoms with van der Waals surface area (Å²) in [5.41, 5.74) is 2.27. The molecule has 2 heteroatoms. The molecule has 0 aliphatic heterocycles. The van der Waals surface area contributed by atoms with Crippen LogP contribution in [0.2, 0.25) is 0 Å². The normalized spacial score (nSPS) is 14.9. The third-order valence-electron chi connectivity index (χ3n) is 2.56. The molecule has 0 spiro atoms. The standard InChI is InChI=1S/C13H20O2/c1-3-5-12(14)13(15)9-11-7-4-6-10(2)8-11/h4,6-8,12-15H,3,5,9H2,1-2H3. The van der Waals surface area contributed by atoms with Gasteiger partial charge in [0.15, 0.2) is 0 Å². The smallest absolute Gasteiger partial charge is 0.0839 e. The summed E-state index contributed by atoms with van der Waals surface area (Å²) in [5.74, 6) is 0. The van der Waals surface area contributed by atoms with Gasteiger partial charge in [-0.2, -0.15) is 0 Å². The molecule has 0 aliphatic rings. The summed E-state index contributed by atoms with van der Waals surface area (Å²) in [6.07, 6.45) is 0.837. The number of aliphatic hydroxyl groups excluding tert-OH is 2. The van der Waals surface area contributed by atoms with Crippen molar-refractivity contribution in [2.75, 3.05) is 0 Å². The van der Waals surface area contributed by atoms with Crippen LogP contribution in [0.3, 0.4) is 0 Å². The first-order valence-electron chi connectivity index (χ1n) is 5.55. The van der Waals surface area contributed by atoms with Crippen LogP contribution in [0, 0.1) is 6.92 Å². The van der Waals surface area contributed by atoms with Crippen molar-refractivity contribution in [1.29, 1.82) is 0 Å². The summed E-state index contributed by atoms with van der Waals surface area (Å²) >= 11 is 0. The van der Waals surface area contributed by atoms with Crippen LogP contribution >= 0.6 is 0 Å². The van der Waals surface area contributed by atoms with E-state index in [4.69, 9.17) is 0 Å². The highest BCUT2D eigenvalue weighted by Crippen LogP contribution is 2.11. The summed E-state index contributed by atoms with van der Waals surface area (Å²) in [6.45, 7) is 4.03. The van der Waals surface area contributed by atoms with E-state index in [0.717, 1.165) is 12.0 Å². The van der Waals surface area contributed by atoms with Gasteiger partial charge in [-0.05, 0) is 18.9 Å². The van der Waals surface area contributed by atoms with Crippen molar-refractivity contribution in [3.8, 4) is 0 Å². The molecule has 1 rings (SSSR count). The summed E-state index contributed by atoms with van der Waals surface area (Å²) in [5, 5.41) is 19.3. The zero-order valence-electron chi connectivity index (χ0n) is 9.48. The molecule has 0 saturated heterocycles. The molecule has 0 saturated carbocycles. The van der Waals surface area contributed by atoms with Crippen molar-refractivity contribution in [2.24, 2.45) is 0 Å². The molecular weight excluding hydrogens is 188 g/mol. The molecule has 0 amide bonds. The molecule has 0 fully saturated rings. The van der Waals surface area contributed by atoms with Crippen molar-refractivity contribution < 1.29 is 10.2 Å². The number of aryl methyl sites for hydroxylation is 1. The van der Waals surface area contributed by atoms with Gasteiger partial charge in [0.25, 0.3) is 0 Å². The molecule has 2 atom stereocenters. The first-order chi connectivity index (χ1) is 7.13. The number of aliphatic hydroxyl groups is 2. The maximum absolute atomic E-state index is 9.74. The lowest BCUT2D eigenvalue weighted by Crippen LogP contribution is -2.27. The van der Waals surface area contributed by atoms with Gasteiger partial charge in [-0.1, -0.05) is 43.2 Å². The highest BCUT2D eigenvalue weighted by atomic mass is 16.3. The molecule has 2 unspecified atom stereocenters. The number of hydrogen-bond acceptors (Lipinski definition) is 2. The second-order valence-electron chi connectivity index (χ2n) is 4.12. The van der Waals surface area contributed by atoms with E-state index in [1.807, 2.05) is 38.1 Å². The number of rotatable bonds is 5. The van der Waals surface area contributed by atoms with Gasteiger partial charge in [-0.25, -0.2) is 0 Å². The lowest BCUT2D eigenvalue weighted by atomic mass is 10.00. The largest absolute Gasteiger partial charge is 0.390 e. The van der Waals surface area contributed by atoms with Crippen LogP contribution < -0.4 is 0 Å². The Labute approximate surface area is 91.6 Å². The molecule has 2 nitrogen and oxygen atoms in total. The fourth-order valence-corrected chi connectivity index (χ4v) is 1.70. The quantitative estimate of drug-likeness (QED) is 0.777. The Kier molecular flexibility index (Phi) is 4.79. The molecule has 0 aliphatic carbocycles. The van der Waals surface area contributed by atoms with E-state index in [-0.39, 0.29) is 0 Å². The SMILES string of the molecule is CCCC(O)C(O)Cc1cccc(C)c1. The Morgan fingerprint density at radius 2 is 1.93 bits per heavy atom. The molecule has 2 N–H and O–H groups in total. The zero-order chi connectivity index (χ0) is 11.3. The number of benzene rings is 1. The molecule has 0 radical (unpaired) electrons. The maximum Gasteiger partial charge on any atom is 0.0839 e. The zero-order valence-corrected chi connectivity index (χ0v) is 9.48. The van der Waals surface area contributed by atoms with Gasteiger partial charge in [0.05, 0.1) is 12.2 Å². The predicted octanol–water partition coefficient (Wildman–Crippen LogP) is 2.06. The minimum atomic E-state index is -0.647. The van der Waals surface area contributed by atoms with E-state index in [1.165, 1.54) is 5.56 Å². The van der Waals surface area contributed by atoms with Crippen LogP contribution in [0.5, 0.6) is 0 Å². The highest BCUT2D eigenvalue weighted by molar-refractivity contribution is 5.22. The Balaban J connectivity index is 2.54. The van der Waals surface area contributed by atoms with Crippen molar-refractivity contribution in [3.63, 3.8) is 0 Å². The van der Waals surface area contributed by atoms with Gasteiger partial charge in [-0.15, -0.1) is 0 Å². The van der Waals surface area contributed by atoms with E-state index in [2.05, 4.69) is 0 Å². The Morgan fingerprint density at radius 3 is 2.53 bits per heavy atom. The average Bonchev–Trinajstić information content (AvgIpc) is 2.18. The Hall–Kier alpha value is -0.860. The minimum Gasteiger partial charge on any atom is -0.390 e. The minimum absolute atomic E-state index is 0.531. The molecular formula is C13H20O2. The van der Waals surface area contributed by atoms with Gasteiger partial charge in [-0.3, -0.25) is 0 Å². The predicted molar refractivity (Wildman–Crippen MR) is 61.8 cm³/mol. The fraction of sp³-hybridized carbons (Fsp3) is 0.538. The van der Waals surface area contributed by atoms with Crippen LogP contribution in [0.15, 0.2) is 24.3 Å². The lowest BCUT2D eigenvalue weighted by Gasteiger charge is -2.17.